The van der Waals surface area contributed by atoms with Crippen molar-refractivity contribution >= 4 is 5.91 Å². The van der Waals surface area contributed by atoms with Crippen molar-refractivity contribution in [3.05, 3.63) is 77.7 Å². The first-order valence-electron chi connectivity index (χ1n) is 9.53. The second-order valence-electron chi connectivity index (χ2n) is 6.54. The zero-order chi connectivity index (χ0) is 21.3. The quantitative estimate of drug-likeness (QED) is 0.534. The van der Waals surface area contributed by atoms with E-state index in [1.165, 1.54) is 0 Å². The maximum atomic E-state index is 12.5. The fourth-order valence-corrected chi connectivity index (χ4v) is 3.17. The Kier molecular flexibility index (Phi) is 7.34. The van der Waals surface area contributed by atoms with Gasteiger partial charge in [0.15, 0.2) is 11.5 Å². The number of hydrogen-bond acceptors (Lipinski definition) is 6. The molecule has 0 bridgehead atoms. The van der Waals surface area contributed by atoms with Crippen LogP contribution in [0, 0.1) is 0 Å². The van der Waals surface area contributed by atoms with E-state index < -0.39 is 0 Å². The van der Waals surface area contributed by atoms with Crippen molar-refractivity contribution in [1.82, 2.24) is 10.6 Å². The minimum atomic E-state index is -0.220. The average molecular weight is 410 g/mol. The molecule has 0 aliphatic heterocycles. The van der Waals surface area contributed by atoms with Crippen molar-refractivity contribution in [2.75, 3.05) is 27.9 Å². The Balaban J connectivity index is 1.64. The van der Waals surface area contributed by atoms with Crippen LogP contribution in [0.4, 0.5) is 0 Å². The van der Waals surface area contributed by atoms with Gasteiger partial charge in [0.25, 0.3) is 0 Å². The summed E-state index contributed by atoms with van der Waals surface area (Å²) >= 11 is 0. The van der Waals surface area contributed by atoms with Gasteiger partial charge in [-0.2, -0.15) is 0 Å². The van der Waals surface area contributed by atoms with Gasteiger partial charge in [0.05, 0.1) is 40.2 Å². The maximum Gasteiger partial charge on any atom is 0.234 e. The first-order valence-corrected chi connectivity index (χ1v) is 9.53. The van der Waals surface area contributed by atoms with Crippen LogP contribution in [0.1, 0.15) is 22.9 Å². The normalized spacial score (nSPS) is 11.6. The molecule has 7 nitrogen and oxygen atoms in total. The minimum absolute atomic E-state index is 0.121. The molecule has 158 valence electrons. The summed E-state index contributed by atoms with van der Waals surface area (Å²) in [5.41, 5.74) is 1.80. The molecule has 1 aromatic heterocycles. The lowest BCUT2D eigenvalue weighted by atomic mass is 10.0. The molecule has 0 saturated heterocycles. The lowest BCUT2D eigenvalue weighted by Gasteiger charge is -2.18. The summed E-state index contributed by atoms with van der Waals surface area (Å²) in [6, 6.07) is 16.9. The fourth-order valence-electron chi connectivity index (χ4n) is 3.17. The van der Waals surface area contributed by atoms with E-state index in [0.29, 0.717) is 23.8 Å². The molecular formula is C23H26N2O5. The van der Waals surface area contributed by atoms with Crippen molar-refractivity contribution in [2.45, 2.75) is 12.6 Å². The standard InChI is InChI=1S/C23H26N2O5/c1-27-19-13-21(29-3)20(28-2)12-17(19)14-24-22(26)15-25-23(18-10-7-11-30-18)16-8-5-4-6-9-16/h4-13,23,25H,14-15H2,1-3H3,(H,24,26)/t23-/m0/s1. The van der Waals surface area contributed by atoms with Crippen LogP contribution >= 0.6 is 0 Å². The van der Waals surface area contributed by atoms with E-state index in [1.54, 1.807) is 39.7 Å². The van der Waals surface area contributed by atoms with Crippen LogP contribution in [-0.2, 0) is 11.3 Å². The molecule has 2 N–H and O–H groups in total. The molecule has 1 atom stereocenters. The summed E-state index contributed by atoms with van der Waals surface area (Å²) < 4.78 is 21.6. The SMILES string of the molecule is COc1cc(OC)c(OC)cc1CNC(=O)CN[C@@H](c1ccccc1)c1ccco1. The van der Waals surface area contributed by atoms with Gasteiger partial charge in [-0.25, -0.2) is 0 Å². The van der Waals surface area contributed by atoms with E-state index in [-0.39, 0.29) is 18.5 Å². The highest BCUT2D eigenvalue weighted by molar-refractivity contribution is 5.78. The van der Waals surface area contributed by atoms with Gasteiger partial charge in [0, 0.05) is 18.2 Å². The molecule has 0 aliphatic carbocycles. The summed E-state index contributed by atoms with van der Waals surface area (Å²) in [5.74, 6) is 2.34. The van der Waals surface area contributed by atoms with Gasteiger partial charge in [-0.3, -0.25) is 10.1 Å². The van der Waals surface area contributed by atoms with Gasteiger partial charge in [0.1, 0.15) is 11.5 Å². The molecule has 0 aliphatic rings. The summed E-state index contributed by atoms with van der Waals surface area (Å²) in [5, 5.41) is 6.17. The van der Waals surface area contributed by atoms with Crippen LogP contribution in [0.25, 0.3) is 0 Å². The molecule has 1 heterocycles. The second-order valence-corrected chi connectivity index (χ2v) is 6.54. The predicted molar refractivity (Wildman–Crippen MR) is 113 cm³/mol. The van der Waals surface area contributed by atoms with Crippen LogP contribution < -0.4 is 24.8 Å². The van der Waals surface area contributed by atoms with Crippen LogP contribution in [0.3, 0.4) is 0 Å². The molecule has 7 heteroatoms. The van der Waals surface area contributed by atoms with E-state index in [0.717, 1.165) is 16.9 Å². The van der Waals surface area contributed by atoms with E-state index in [9.17, 15) is 4.79 Å². The number of nitrogens with one attached hydrogen (secondary N) is 2. The number of furan rings is 1. The summed E-state index contributed by atoms with van der Waals surface area (Å²) in [4.78, 5) is 12.5. The van der Waals surface area contributed by atoms with Gasteiger partial charge >= 0.3 is 0 Å². The molecule has 0 fully saturated rings. The number of carbonyl (C=O) groups is 1. The fraction of sp³-hybridized carbons (Fsp3) is 0.261. The van der Waals surface area contributed by atoms with E-state index >= 15 is 0 Å². The van der Waals surface area contributed by atoms with Crippen molar-refractivity contribution < 1.29 is 23.4 Å². The van der Waals surface area contributed by atoms with Crippen molar-refractivity contribution in [2.24, 2.45) is 0 Å². The lowest BCUT2D eigenvalue weighted by molar-refractivity contribution is -0.120. The van der Waals surface area contributed by atoms with E-state index in [4.69, 9.17) is 18.6 Å². The third-order valence-corrected chi connectivity index (χ3v) is 4.69. The zero-order valence-electron chi connectivity index (χ0n) is 17.3. The van der Waals surface area contributed by atoms with Crippen LogP contribution in [0.15, 0.2) is 65.3 Å². The molecule has 1 amide bonds. The topological polar surface area (TPSA) is 82.0 Å². The number of amides is 1. The average Bonchev–Trinajstić information content (AvgIpc) is 3.32. The molecule has 2 aromatic carbocycles. The highest BCUT2D eigenvalue weighted by Gasteiger charge is 2.18. The number of rotatable bonds is 10. The first-order chi connectivity index (χ1) is 14.7. The smallest absolute Gasteiger partial charge is 0.234 e. The second kappa shape index (κ2) is 10.4. The van der Waals surface area contributed by atoms with Crippen molar-refractivity contribution in [3.8, 4) is 17.2 Å². The number of benzene rings is 2. The Morgan fingerprint density at radius 1 is 0.933 bits per heavy atom. The Bertz CT molecular complexity index is 942. The lowest BCUT2D eigenvalue weighted by Crippen LogP contribution is -2.35. The summed E-state index contributed by atoms with van der Waals surface area (Å²) in [6.45, 7) is 0.413. The number of hydrogen-bond donors (Lipinski definition) is 2. The molecular weight excluding hydrogens is 384 g/mol. The Morgan fingerprint density at radius 2 is 1.63 bits per heavy atom. The van der Waals surface area contributed by atoms with Crippen LogP contribution in [-0.4, -0.2) is 33.8 Å². The van der Waals surface area contributed by atoms with Crippen LogP contribution in [0.5, 0.6) is 17.2 Å². The summed E-state index contributed by atoms with van der Waals surface area (Å²) in [6.07, 6.45) is 1.62. The van der Waals surface area contributed by atoms with Crippen LogP contribution in [0.2, 0.25) is 0 Å². The highest BCUT2D eigenvalue weighted by atomic mass is 16.5. The third-order valence-electron chi connectivity index (χ3n) is 4.69. The predicted octanol–water partition coefficient (Wildman–Crippen LogP) is 3.30. The van der Waals surface area contributed by atoms with E-state index in [2.05, 4.69) is 10.6 Å². The molecule has 3 rings (SSSR count). The molecule has 0 spiro atoms. The Labute approximate surface area is 175 Å². The largest absolute Gasteiger partial charge is 0.496 e. The maximum absolute atomic E-state index is 12.5. The van der Waals surface area contributed by atoms with E-state index in [1.807, 2.05) is 42.5 Å². The van der Waals surface area contributed by atoms with Gasteiger partial charge < -0.3 is 23.9 Å². The number of carbonyl (C=O) groups excluding carboxylic acids is 1. The molecule has 0 radical (unpaired) electrons. The monoisotopic (exact) mass is 410 g/mol. The summed E-state index contributed by atoms with van der Waals surface area (Å²) in [7, 11) is 4.70. The molecule has 0 unspecified atom stereocenters. The third kappa shape index (κ3) is 5.12. The molecule has 0 saturated carbocycles. The zero-order valence-corrected chi connectivity index (χ0v) is 17.3. The Morgan fingerprint density at radius 3 is 2.27 bits per heavy atom. The number of methoxy groups -OCH3 is 3. The molecule has 3 aromatic rings. The van der Waals surface area contributed by atoms with Gasteiger partial charge in [-0.1, -0.05) is 30.3 Å². The van der Waals surface area contributed by atoms with Gasteiger partial charge in [-0.15, -0.1) is 0 Å². The number of ether oxygens (including phenoxy) is 3. The highest BCUT2D eigenvalue weighted by Crippen LogP contribution is 2.34. The Hall–Kier alpha value is -3.45. The van der Waals surface area contributed by atoms with Crippen molar-refractivity contribution in [3.63, 3.8) is 0 Å². The van der Waals surface area contributed by atoms with Gasteiger partial charge in [0.2, 0.25) is 5.91 Å². The first kappa shape index (κ1) is 21.3. The molecule has 30 heavy (non-hydrogen) atoms. The van der Waals surface area contributed by atoms with Gasteiger partial charge in [-0.05, 0) is 23.8 Å². The van der Waals surface area contributed by atoms with Crippen molar-refractivity contribution in [1.29, 1.82) is 0 Å². The minimum Gasteiger partial charge on any atom is -0.496 e.